The van der Waals surface area contributed by atoms with Crippen LogP contribution < -0.4 is 31.9 Å². The molecule has 0 bridgehead atoms. The van der Waals surface area contributed by atoms with E-state index in [-0.39, 0.29) is 91.9 Å². The number of methoxy groups -OCH3 is 3. The molecule has 4 aliphatic heterocycles. The van der Waals surface area contributed by atoms with Gasteiger partial charge in [0.2, 0.25) is 65.0 Å². The molecular formula is C104H160N14O22. The Morgan fingerprint density at radius 3 is 1.41 bits per heavy atom. The highest BCUT2D eigenvalue weighted by molar-refractivity contribution is 6.13. The molecule has 3 fully saturated rings. The summed E-state index contributed by atoms with van der Waals surface area (Å²) < 4.78 is 30.2. The van der Waals surface area contributed by atoms with Crippen molar-refractivity contribution in [1.82, 2.24) is 65.8 Å². The number of benzene rings is 3. The van der Waals surface area contributed by atoms with Gasteiger partial charge in [-0.05, 0) is 136 Å². The molecule has 0 saturated carbocycles. The highest BCUT2D eigenvalue weighted by Crippen LogP contribution is 2.35. The highest BCUT2D eigenvalue weighted by Gasteiger charge is 2.47. The summed E-state index contributed by atoms with van der Waals surface area (Å²) in [7, 11) is 10.5. The van der Waals surface area contributed by atoms with E-state index in [1.807, 2.05) is 52.0 Å². The molecule has 4 heterocycles. The van der Waals surface area contributed by atoms with E-state index in [0.29, 0.717) is 94.0 Å². The monoisotopic (exact) mass is 1960 g/mol. The predicted octanol–water partition coefficient (Wildman–Crippen LogP) is 9.38. The summed E-state index contributed by atoms with van der Waals surface area (Å²) in [6, 6.07) is 13.5. The van der Waals surface area contributed by atoms with Crippen LogP contribution in [0.3, 0.4) is 0 Å². The van der Waals surface area contributed by atoms with Gasteiger partial charge in [-0.25, -0.2) is 9.59 Å². The number of ether oxygens (including phenoxy) is 5. The number of likely N-dealkylation sites (tertiary alicyclic amines) is 3. The van der Waals surface area contributed by atoms with Crippen molar-refractivity contribution in [3.8, 4) is 0 Å². The molecule has 0 aromatic heterocycles. The van der Waals surface area contributed by atoms with E-state index in [1.54, 1.807) is 154 Å². The molecule has 36 nitrogen and oxygen atoms in total. The third-order valence-electron chi connectivity index (χ3n) is 28.5. The van der Waals surface area contributed by atoms with Crippen molar-refractivity contribution in [3.63, 3.8) is 0 Å². The SMILES string of the molecule is CC[C@H](C)[C@@H]([C@@H](CC(=O)N1CCC[C@H]1[C@H](OC)[C@@H](C)C(=O)N[C@H](C)[C@@H](O)c1ccccc1)OC)N(C)C(=O)[C@@H](NC(=O)[C@H](C(C)C)N(C)C(=O)OCc1cc(COC(=O)N(C)[C@H](C(=O)N[C@H](C(=O)N(C)[C@H](CCC(=O)N2CCC[C@H]2[C@H](OC)[C@@H](C)C(=O)N[C@H](C)[C@@H](O)c2ccccc2)[C@@H](C)CC)C(C)C)C(C)C)ccc1NC(=O)[C@@H]1CCCN1C(=O)CNC(=O)CCCCCN1C(=O)C=CC1=O)C(C)C. The maximum absolute atomic E-state index is 15.2. The van der Waals surface area contributed by atoms with E-state index in [9.17, 15) is 72.5 Å². The molecule has 3 saturated heterocycles. The van der Waals surface area contributed by atoms with Crippen molar-refractivity contribution in [2.45, 2.75) is 317 Å². The van der Waals surface area contributed by atoms with Crippen LogP contribution >= 0.6 is 0 Å². The number of nitrogens with one attached hydrogen (secondary N) is 6. The smallest absolute Gasteiger partial charge is 0.410 e. The van der Waals surface area contributed by atoms with Gasteiger partial charge in [0.1, 0.15) is 43.4 Å². The molecule has 8 N–H and O–H groups in total. The van der Waals surface area contributed by atoms with Gasteiger partial charge in [0, 0.05) is 118 Å². The molecule has 20 atom stereocenters. The van der Waals surface area contributed by atoms with Crippen molar-refractivity contribution < 1.29 is 106 Å². The molecule has 0 spiro atoms. The van der Waals surface area contributed by atoms with Crippen LogP contribution in [0.5, 0.6) is 0 Å². The van der Waals surface area contributed by atoms with E-state index < -0.39 is 218 Å². The number of amides is 15. The standard InChI is InChI=1S/C104H160N14O22/c1-24-65(11)76(48-49-82(120)115-53-35-42-77(115)94(137-22)67(13)96(127)106-69(15)92(125)72-38-29-26-30-39-72)111(17)101(132)87(61(3)4)109-99(130)89(63(7)8)113(19)103(134)139-59-71-46-47-75(108-98(129)79-44-37-55-117(79)86(124)58-105-81(119)45-33-28-34-52-118-83(121)50-51-84(118)122)74(56-71)60-140-104(135)114(20)90(64(9)10)100(131)110-88(62(5)6)102(133)112(18)91(66(12)25-2)80(136-21)57-85(123)116-54-36-43-78(116)95(138-23)68(14)97(128)107-70(16)93(126)73-40-31-27-32-41-73/h26-27,29-32,38-41,46-47,50-51,56,61-70,76-80,87-95,125-126H,24-25,28,33-37,42-45,48-49,52-55,57-60H2,1-23H3,(H,105,119)(H,106,127)(H,107,128)(H,108,129)(H,109,130)(H,110,131)/t65-,66-,67+,68+,69+,70+,76+,77-,78-,79-,80+,87-,88-,89-,90-,91-,92+,93+,94+,95+/m0/s1. The number of likely N-dealkylation sites (N-methyl/N-ethyl adjacent to an activating group) is 4. The van der Waals surface area contributed by atoms with Crippen LogP contribution in [0.1, 0.15) is 242 Å². The molecule has 36 heteroatoms. The summed E-state index contributed by atoms with van der Waals surface area (Å²) in [4.78, 5) is 223. The van der Waals surface area contributed by atoms with Gasteiger partial charge in [0.25, 0.3) is 11.8 Å². The van der Waals surface area contributed by atoms with Crippen LogP contribution in [-0.2, 0) is 99.2 Å². The van der Waals surface area contributed by atoms with Gasteiger partial charge in [-0.15, -0.1) is 0 Å². The maximum atomic E-state index is 15.2. The number of rotatable bonds is 53. The number of aliphatic hydroxyl groups is 2. The second-order valence-corrected chi connectivity index (χ2v) is 39.8. The maximum Gasteiger partial charge on any atom is 0.410 e. The second kappa shape index (κ2) is 55.5. The molecule has 0 aliphatic carbocycles. The van der Waals surface area contributed by atoms with Crippen LogP contribution in [0, 0.1) is 47.3 Å². The molecule has 3 aromatic rings. The van der Waals surface area contributed by atoms with E-state index in [0.717, 1.165) is 14.7 Å². The summed E-state index contributed by atoms with van der Waals surface area (Å²) in [5.74, 6) is -9.65. The minimum absolute atomic E-state index is 0.0631. The minimum Gasteiger partial charge on any atom is -0.445 e. The van der Waals surface area contributed by atoms with Crippen LogP contribution in [0.2, 0.25) is 0 Å². The number of carbonyl (C=O) groups excluding carboxylic acids is 15. The Labute approximate surface area is 827 Å². The van der Waals surface area contributed by atoms with Crippen molar-refractivity contribution in [2.24, 2.45) is 47.3 Å². The lowest BCUT2D eigenvalue weighted by molar-refractivity contribution is -0.148. The van der Waals surface area contributed by atoms with E-state index >= 15 is 9.59 Å². The second-order valence-electron chi connectivity index (χ2n) is 39.8. The molecule has 0 unspecified atom stereocenters. The Bertz CT molecular complexity index is 4660. The fourth-order valence-electron chi connectivity index (χ4n) is 19.8. The number of carbonyl (C=O) groups is 15. The van der Waals surface area contributed by atoms with Crippen molar-refractivity contribution >= 4 is 94.7 Å². The van der Waals surface area contributed by atoms with Gasteiger partial charge < -0.3 is 90.3 Å². The number of anilines is 1. The van der Waals surface area contributed by atoms with Gasteiger partial charge in [-0.3, -0.25) is 77.0 Å². The van der Waals surface area contributed by atoms with E-state index in [4.69, 9.17) is 23.7 Å². The first-order valence-corrected chi connectivity index (χ1v) is 50.0. The molecule has 7 rings (SSSR count). The Morgan fingerprint density at radius 1 is 0.486 bits per heavy atom. The van der Waals surface area contributed by atoms with Crippen molar-refractivity contribution in [1.29, 1.82) is 0 Å². The summed E-state index contributed by atoms with van der Waals surface area (Å²) in [6.07, 6.45) is 2.34. The fraction of sp³-hybridized carbons (Fsp3) is 0.663. The number of hydrogen-bond acceptors (Lipinski definition) is 22. The first-order chi connectivity index (χ1) is 66.3. The van der Waals surface area contributed by atoms with Gasteiger partial charge >= 0.3 is 12.2 Å². The van der Waals surface area contributed by atoms with E-state index in [2.05, 4.69) is 31.9 Å². The van der Waals surface area contributed by atoms with Crippen LogP contribution in [-0.4, -0.2) is 305 Å². The number of nitrogens with zero attached hydrogens (tertiary/aromatic N) is 8. The third-order valence-corrected chi connectivity index (χ3v) is 28.5. The zero-order valence-corrected chi connectivity index (χ0v) is 86.7. The lowest BCUT2D eigenvalue weighted by Gasteiger charge is -2.41. The Morgan fingerprint density at radius 2 is 0.950 bits per heavy atom. The minimum atomic E-state index is -1.27. The molecule has 778 valence electrons. The molecule has 0 radical (unpaired) electrons. The van der Waals surface area contributed by atoms with Crippen LogP contribution in [0.25, 0.3) is 0 Å². The quantitative estimate of drug-likeness (QED) is 0.0193. The normalized spacial score (nSPS) is 19.1. The summed E-state index contributed by atoms with van der Waals surface area (Å²) in [5.41, 5.74) is 1.90. The Balaban J connectivity index is 1.05. The molecule has 3 aromatic carbocycles. The van der Waals surface area contributed by atoms with Gasteiger partial charge in [0.05, 0.1) is 85.5 Å². The topological polar surface area (TPSA) is 441 Å². The number of imide groups is 1. The van der Waals surface area contributed by atoms with Crippen molar-refractivity contribution in [2.75, 3.05) is 87.6 Å². The summed E-state index contributed by atoms with van der Waals surface area (Å²) >= 11 is 0. The number of unbranched alkanes of at least 4 members (excludes halogenated alkanes) is 2. The van der Waals surface area contributed by atoms with Gasteiger partial charge in [-0.2, -0.15) is 0 Å². The fourth-order valence-corrected chi connectivity index (χ4v) is 19.8. The van der Waals surface area contributed by atoms with Gasteiger partial charge in [0.15, 0.2) is 0 Å². The van der Waals surface area contributed by atoms with Crippen molar-refractivity contribution in [3.05, 3.63) is 113 Å². The molecule has 4 aliphatic rings. The number of aliphatic hydroxyl groups excluding tert-OH is 2. The predicted molar refractivity (Wildman–Crippen MR) is 528 cm³/mol. The zero-order chi connectivity index (χ0) is 104. The lowest BCUT2D eigenvalue weighted by atomic mass is 9.89. The van der Waals surface area contributed by atoms with Crippen LogP contribution in [0.4, 0.5) is 15.3 Å². The average molecular weight is 1960 g/mol. The largest absolute Gasteiger partial charge is 0.445 e. The zero-order valence-electron chi connectivity index (χ0n) is 86.7. The summed E-state index contributed by atoms with van der Waals surface area (Å²) in [5, 5.41) is 39.5. The van der Waals surface area contributed by atoms with E-state index in [1.165, 1.54) is 69.5 Å². The molecule has 140 heavy (non-hydrogen) atoms. The summed E-state index contributed by atoms with van der Waals surface area (Å²) in [6.45, 7) is 28.6. The first-order valence-electron chi connectivity index (χ1n) is 50.0. The average Bonchev–Trinajstić information content (AvgIpc) is 1.55. The third kappa shape index (κ3) is 31.0. The first kappa shape index (κ1) is 116. The molecular weight excluding hydrogens is 1800 g/mol. The Kier molecular flexibility index (Phi) is 46.0. The molecule has 15 amide bonds. The van der Waals surface area contributed by atoms with Gasteiger partial charge in [-0.1, -0.05) is 183 Å². The highest BCUT2D eigenvalue weighted by atomic mass is 16.6. The number of hydrogen-bond donors (Lipinski definition) is 8. The van der Waals surface area contributed by atoms with Crippen LogP contribution in [0.15, 0.2) is 91.0 Å². The lowest BCUT2D eigenvalue weighted by Crippen LogP contribution is -2.60. The Hall–Kier alpha value is -11.0.